The lowest BCUT2D eigenvalue weighted by Gasteiger charge is -2.47. The smallest absolute Gasteiger partial charge is 0.453 e. The van der Waals surface area contributed by atoms with Crippen molar-refractivity contribution in [2.45, 2.75) is 127 Å². The fourth-order valence-corrected chi connectivity index (χ4v) is 10.0. The van der Waals surface area contributed by atoms with Crippen molar-refractivity contribution in [1.82, 2.24) is 51.0 Å². The molecule has 7 atom stereocenters. The Bertz CT molecular complexity index is 3120. The first-order chi connectivity index (χ1) is 40.8. The molecule has 2 aromatic carbocycles. The van der Waals surface area contributed by atoms with Crippen LogP contribution in [0.3, 0.4) is 0 Å². The maximum Gasteiger partial charge on any atom is 0.510 e. The number of ether oxygens (including phenoxy) is 5. The maximum atomic E-state index is 16.3. The second-order valence-electron chi connectivity index (χ2n) is 21.8. The van der Waals surface area contributed by atoms with E-state index in [1.54, 1.807) is 17.7 Å². The molecule has 4 amide bonds. The molecule has 3 aliphatic heterocycles. The molecule has 5 heterocycles. The van der Waals surface area contributed by atoms with Crippen LogP contribution in [0, 0.1) is 34.3 Å². The Balaban J connectivity index is 1.27. The van der Waals surface area contributed by atoms with Gasteiger partial charge in [0.1, 0.15) is 29.8 Å². The number of halogens is 11. The summed E-state index contributed by atoms with van der Waals surface area (Å²) in [6, 6.07) is 2.11. The minimum atomic E-state index is -5.29. The van der Waals surface area contributed by atoms with E-state index in [2.05, 4.69) is 51.5 Å². The number of benzene rings is 2. The van der Waals surface area contributed by atoms with Crippen molar-refractivity contribution in [3.8, 4) is 23.1 Å². The van der Waals surface area contributed by atoms with Crippen LogP contribution in [0.15, 0.2) is 61.1 Å². The van der Waals surface area contributed by atoms with Crippen molar-refractivity contribution in [3.63, 3.8) is 0 Å². The Morgan fingerprint density at radius 1 is 0.770 bits per heavy atom. The molecule has 4 aromatic rings. The first-order valence-corrected chi connectivity index (χ1v) is 27.3. The van der Waals surface area contributed by atoms with Crippen molar-refractivity contribution in [2.24, 2.45) is 10.8 Å². The van der Waals surface area contributed by atoms with Gasteiger partial charge in [-0.2, -0.15) is 40.2 Å². The SMILES string of the molecule is COC(=O)N[C@H](C(=O)N[C@@H](Cc1ccc(C#Cc2cnc(N3CC4CCC(C3)N4C3COC3)nc2)cc1)[C@H](CN(Cc1c(F)cc(-c2ccn(C(F)F)n2)cc1F)NC(=O)[C@@H](NC(=O)OC)C(C)(C)C(F)(F)F)OC(=O)OC(C)Cl)C(C)(C)C(F)(F)F. The largest absolute Gasteiger partial charge is 0.510 e. The van der Waals surface area contributed by atoms with Crippen molar-refractivity contribution in [2.75, 3.05) is 52.0 Å². The predicted octanol–water partition coefficient (Wildman–Crippen LogP) is 7.76. The first-order valence-electron chi connectivity index (χ1n) is 26.8. The quantitative estimate of drug-likeness (QED) is 0.0156. The van der Waals surface area contributed by atoms with Crippen molar-refractivity contribution in [1.29, 1.82) is 0 Å². The van der Waals surface area contributed by atoms with E-state index in [1.165, 1.54) is 24.3 Å². The topological polar surface area (TPSA) is 233 Å². The van der Waals surface area contributed by atoms with Crippen LogP contribution < -0.4 is 26.3 Å². The zero-order valence-corrected chi connectivity index (χ0v) is 48.5. The fraction of sp³-hybridized carbons (Fsp3) is 0.527. The molecule has 0 aliphatic carbocycles. The third-order valence-electron chi connectivity index (χ3n) is 15.1. The van der Waals surface area contributed by atoms with Gasteiger partial charge in [0, 0.05) is 67.0 Å². The average molecular weight is 1260 g/mol. The monoisotopic (exact) mass is 1260 g/mol. The highest BCUT2D eigenvalue weighted by Crippen LogP contribution is 2.42. The summed E-state index contributed by atoms with van der Waals surface area (Å²) in [4.78, 5) is 81.3. The van der Waals surface area contributed by atoms with Gasteiger partial charge < -0.3 is 44.5 Å². The molecular formula is C55H62ClF10N11O10. The van der Waals surface area contributed by atoms with E-state index in [1.807, 2.05) is 10.7 Å². The molecule has 21 nitrogen and oxygen atoms in total. The number of anilines is 1. The van der Waals surface area contributed by atoms with E-state index in [-0.39, 0.29) is 15.9 Å². The highest BCUT2D eigenvalue weighted by Gasteiger charge is 2.57. The van der Waals surface area contributed by atoms with Crippen molar-refractivity contribution >= 4 is 47.7 Å². The lowest BCUT2D eigenvalue weighted by molar-refractivity contribution is -0.221. The number of alkyl halides is 9. The number of carbonyl (C=O) groups is 5. The second kappa shape index (κ2) is 27.6. The molecule has 7 rings (SSSR count). The molecule has 4 N–H and O–H groups in total. The Morgan fingerprint density at radius 2 is 1.31 bits per heavy atom. The Labute approximate surface area is 497 Å². The van der Waals surface area contributed by atoms with Gasteiger partial charge in [0.2, 0.25) is 11.9 Å². The minimum absolute atomic E-state index is 0.178. The summed E-state index contributed by atoms with van der Waals surface area (Å²) < 4.78 is 173. The molecule has 2 aromatic heterocycles. The van der Waals surface area contributed by atoms with Crippen LogP contribution in [-0.4, -0.2) is 167 Å². The first kappa shape index (κ1) is 66.8. The van der Waals surface area contributed by atoms with Crippen LogP contribution in [0.5, 0.6) is 0 Å². The molecule has 474 valence electrons. The van der Waals surface area contributed by atoms with Gasteiger partial charge >= 0.3 is 37.2 Å². The number of hydrazine groups is 1. The molecular weight excluding hydrogens is 1200 g/mol. The van der Waals surface area contributed by atoms with E-state index >= 15 is 8.78 Å². The van der Waals surface area contributed by atoms with Crippen LogP contribution in [0.2, 0.25) is 0 Å². The van der Waals surface area contributed by atoms with E-state index < -0.39 is 132 Å². The number of nitrogens with one attached hydrogen (secondary N) is 4. The van der Waals surface area contributed by atoms with Gasteiger partial charge in [-0.15, -0.1) is 0 Å². The highest BCUT2D eigenvalue weighted by molar-refractivity contribution is 6.19. The number of carbonyl (C=O) groups excluding carboxylic acids is 5. The summed E-state index contributed by atoms with van der Waals surface area (Å²) in [5.74, 6) is 0.128. The van der Waals surface area contributed by atoms with Crippen LogP contribution >= 0.6 is 11.6 Å². The van der Waals surface area contributed by atoms with Gasteiger partial charge in [0.25, 0.3) is 5.91 Å². The fourth-order valence-electron chi connectivity index (χ4n) is 9.94. The van der Waals surface area contributed by atoms with Gasteiger partial charge in [-0.25, -0.2) is 42.8 Å². The predicted molar refractivity (Wildman–Crippen MR) is 288 cm³/mol. The number of hydrogen-bond donors (Lipinski definition) is 4. The number of amides is 4. The Morgan fingerprint density at radius 3 is 1.79 bits per heavy atom. The third kappa shape index (κ3) is 16.3. The van der Waals surface area contributed by atoms with Gasteiger partial charge in [0.05, 0.1) is 68.1 Å². The number of aromatic nitrogens is 4. The Kier molecular flexibility index (Phi) is 21.2. The van der Waals surface area contributed by atoms with E-state index in [0.717, 1.165) is 72.6 Å². The van der Waals surface area contributed by atoms with Crippen molar-refractivity contribution in [3.05, 3.63) is 94.9 Å². The molecule has 3 aliphatic rings. The minimum Gasteiger partial charge on any atom is -0.453 e. The van der Waals surface area contributed by atoms with Gasteiger partial charge in [-0.05, 0) is 89.8 Å². The number of nitrogens with zero attached hydrogens (tertiary/aromatic N) is 7. The normalized spacial score (nSPS) is 18.3. The van der Waals surface area contributed by atoms with E-state index in [0.29, 0.717) is 80.0 Å². The number of hydrogen-bond acceptors (Lipinski definition) is 16. The number of methoxy groups -OCH3 is 2. The number of alkyl carbamates (subject to hydrolysis) is 2. The number of fused-ring (bicyclic) bond motifs is 2. The van der Waals surface area contributed by atoms with Gasteiger partial charge in [0.15, 0.2) is 5.56 Å². The third-order valence-corrected chi connectivity index (χ3v) is 15.2. The summed E-state index contributed by atoms with van der Waals surface area (Å²) in [5, 5.41) is 10.0. The molecule has 87 heavy (non-hydrogen) atoms. The number of piperazine rings is 1. The highest BCUT2D eigenvalue weighted by atomic mass is 35.5. The summed E-state index contributed by atoms with van der Waals surface area (Å²) >= 11 is 5.95. The summed E-state index contributed by atoms with van der Waals surface area (Å²) in [7, 11) is 1.55. The number of rotatable bonds is 21. The molecule has 3 unspecified atom stereocenters. The van der Waals surface area contributed by atoms with Gasteiger partial charge in [-0.1, -0.05) is 35.6 Å². The van der Waals surface area contributed by atoms with Crippen molar-refractivity contribution < 1.29 is 91.6 Å². The lowest BCUT2D eigenvalue weighted by atomic mass is 9.82. The molecule has 0 saturated carbocycles. The maximum absolute atomic E-state index is 16.3. The average Bonchev–Trinajstić information content (AvgIpc) is 1.87. The van der Waals surface area contributed by atoms with E-state index in [9.17, 15) is 59.1 Å². The molecule has 0 radical (unpaired) electrons. The summed E-state index contributed by atoms with van der Waals surface area (Å²) in [5.41, 5.74) is -6.52. The Hall–Kier alpha value is -7.69. The molecule has 0 spiro atoms. The van der Waals surface area contributed by atoms with Gasteiger partial charge in [-0.3, -0.25) is 19.9 Å². The molecule has 2 bridgehead atoms. The van der Waals surface area contributed by atoms with Crippen LogP contribution in [0.1, 0.15) is 76.3 Å². The zero-order valence-electron chi connectivity index (χ0n) is 47.7. The van der Waals surface area contributed by atoms with Crippen LogP contribution in [0.4, 0.5) is 64.2 Å². The second-order valence-corrected chi connectivity index (χ2v) is 22.5. The van der Waals surface area contributed by atoms with E-state index in [4.69, 9.17) is 25.8 Å². The standard InChI is InChI=1S/C55H62ClF10N11O10/c1-29(56)86-51(82)87-42(26-75(73-46(79)44(71-50(81)84-7)53(4,5)55(64,65)66)25-37-38(57)19-33(20-39(37)58)40-16-17-76(72-40)47(59)60)41(69-45(78)43(70-49(80)83-6)52(2,3)54(61,62)63)18-31-11-8-30(9-12-31)10-13-32-21-67-48(68-22-32)74-23-34-14-15-35(24-74)77(34)36-27-85-28-36/h8-9,11-12,16-17,19-22,29,34-36,41-44,47H,14-15,18,23-28H2,1-7H3,(H,69,78)(H,70,80)(H,71,81)(H,73,79)/t29?,34?,35?,41-,42-,43+,44+/m0/s1. The molecule has 32 heteroatoms. The van der Waals surface area contributed by atoms with Crippen LogP contribution in [0.25, 0.3) is 11.3 Å². The summed E-state index contributed by atoms with van der Waals surface area (Å²) in [6.45, 7) is 0.591. The summed E-state index contributed by atoms with van der Waals surface area (Å²) in [6.07, 6.45) is -12.0. The zero-order chi connectivity index (χ0) is 63.9. The lowest BCUT2D eigenvalue weighted by Crippen LogP contribution is -2.64. The molecule has 3 saturated heterocycles. The van der Waals surface area contributed by atoms with Crippen LogP contribution in [-0.2, 0) is 46.2 Å². The molecule has 3 fully saturated rings.